The highest BCUT2D eigenvalue weighted by Gasteiger charge is 2.20. The highest BCUT2D eigenvalue weighted by molar-refractivity contribution is 6.13. The molecule has 0 aliphatic carbocycles. The van der Waals surface area contributed by atoms with Crippen molar-refractivity contribution >= 4 is 21.8 Å². The maximum absolute atomic E-state index is 6.07. The molecule has 0 fully saturated rings. The van der Waals surface area contributed by atoms with Crippen molar-refractivity contribution in [1.82, 2.24) is 25.1 Å². The largest absolute Gasteiger partial charge is 0.437 e. The maximum atomic E-state index is 6.07. The highest BCUT2D eigenvalue weighted by atomic mass is 16.5. The van der Waals surface area contributed by atoms with E-state index in [1.807, 2.05) is 24.3 Å². The molecule has 0 aliphatic heterocycles. The van der Waals surface area contributed by atoms with Crippen LogP contribution in [0.5, 0.6) is 11.6 Å². The van der Waals surface area contributed by atoms with Gasteiger partial charge in [-0.1, -0.05) is 11.2 Å². The van der Waals surface area contributed by atoms with E-state index in [0.29, 0.717) is 42.0 Å². The molecule has 9 nitrogen and oxygen atoms in total. The van der Waals surface area contributed by atoms with Crippen LogP contribution in [0.25, 0.3) is 33.2 Å². The van der Waals surface area contributed by atoms with E-state index in [0.717, 1.165) is 27.4 Å². The average molecular weight is 417 g/mol. The van der Waals surface area contributed by atoms with Gasteiger partial charge in [0.2, 0.25) is 5.88 Å². The van der Waals surface area contributed by atoms with Crippen LogP contribution in [0.2, 0.25) is 0 Å². The van der Waals surface area contributed by atoms with E-state index < -0.39 is 0 Å². The van der Waals surface area contributed by atoms with Gasteiger partial charge in [-0.15, -0.1) is 0 Å². The molecule has 0 atom stereocenters. The van der Waals surface area contributed by atoms with Gasteiger partial charge >= 0.3 is 0 Å². The fourth-order valence-corrected chi connectivity index (χ4v) is 3.65. The number of fused-ring (bicyclic) bond motifs is 3. The molecule has 1 N–H and O–H groups in total. The first kappa shape index (κ1) is 19.2. The zero-order valence-corrected chi connectivity index (χ0v) is 17.0. The van der Waals surface area contributed by atoms with E-state index in [-0.39, 0.29) is 0 Å². The summed E-state index contributed by atoms with van der Waals surface area (Å²) in [5, 5.41) is 6.02. The van der Waals surface area contributed by atoms with Crippen LogP contribution >= 0.6 is 0 Å². The minimum Gasteiger partial charge on any atom is -0.437 e. The molecule has 0 unspecified atom stereocenters. The zero-order valence-electron chi connectivity index (χ0n) is 17.0. The van der Waals surface area contributed by atoms with Crippen LogP contribution in [-0.2, 0) is 22.7 Å². The van der Waals surface area contributed by atoms with E-state index in [9.17, 15) is 0 Å². The molecule has 0 radical (unpaired) electrons. The third kappa shape index (κ3) is 3.49. The van der Waals surface area contributed by atoms with Gasteiger partial charge in [0, 0.05) is 43.6 Å². The monoisotopic (exact) mass is 417 g/mol. The molecular formula is C22H19N5O4. The standard InChI is InChI=1S/C22H19N5O4/c1-28-11-13-8-16(27-31-13)22-14(12-29-2)20-17(9-25-22)26-15-4-3-5-18(21(15)20)30-19-10-23-6-7-24-19/h3-10,26H,11-12H2,1-2H3. The van der Waals surface area contributed by atoms with Crippen molar-refractivity contribution in [3.8, 4) is 23.0 Å². The van der Waals surface area contributed by atoms with Gasteiger partial charge in [0.1, 0.15) is 18.1 Å². The zero-order chi connectivity index (χ0) is 21.2. The lowest BCUT2D eigenvalue weighted by Gasteiger charge is -2.10. The Labute approximate surface area is 177 Å². The Bertz CT molecular complexity index is 1350. The van der Waals surface area contributed by atoms with Crippen molar-refractivity contribution in [2.24, 2.45) is 0 Å². The van der Waals surface area contributed by atoms with E-state index in [1.165, 1.54) is 0 Å². The molecule has 1 aromatic carbocycles. The number of ether oxygens (including phenoxy) is 3. The van der Waals surface area contributed by atoms with Crippen LogP contribution in [0.3, 0.4) is 0 Å². The summed E-state index contributed by atoms with van der Waals surface area (Å²) in [6, 6.07) is 7.63. The van der Waals surface area contributed by atoms with Gasteiger partial charge in [-0.25, -0.2) is 4.98 Å². The number of pyridine rings is 1. The third-order valence-corrected chi connectivity index (χ3v) is 4.86. The fraction of sp³-hybridized carbons (Fsp3) is 0.182. The fourth-order valence-electron chi connectivity index (χ4n) is 3.65. The smallest absolute Gasteiger partial charge is 0.237 e. The molecule has 5 rings (SSSR count). The number of nitrogens with zero attached hydrogens (tertiary/aromatic N) is 4. The Morgan fingerprint density at radius 1 is 0.968 bits per heavy atom. The highest BCUT2D eigenvalue weighted by Crippen LogP contribution is 2.39. The van der Waals surface area contributed by atoms with E-state index in [1.54, 1.807) is 39.0 Å². The van der Waals surface area contributed by atoms with Crippen molar-refractivity contribution in [2.75, 3.05) is 14.2 Å². The molecule has 4 aromatic heterocycles. The lowest BCUT2D eigenvalue weighted by atomic mass is 10.0. The second kappa shape index (κ2) is 8.13. The van der Waals surface area contributed by atoms with Crippen molar-refractivity contribution in [3.05, 3.63) is 60.4 Å². The molecule has 156 valence electrons. The number of H-pyrrole nitrogens is 1. The SMILES string of the molecule is COCc1cc(-c2ncc3[nH]c4cccc(Oc5cnccn5)c4c3c2COC)no1. The number of nitrogens with one attached hydrogen (secondary N) is 1. The van der Waals surface area contributed by atoms with Crippen LogP contribution < -0.4 is 4.74 Å². The van der Waals surface area contributed by atoms with Gasteiger partial charge in [0.15, 0.2) is 5.76 Å². The maximum Gasteiger partial charge on any atom is 0.237 e. The number of aromatic nitrogens is 5. The summed E-state index contributed by atoms with van der Waals surface area (Å²) < 4.78 is 22.1. The molecule has 31 heavy (non-hydrogen) atoms. The average Bonchev–Trinajstić information content (AvgIpc) is 3.40. The van der Waals surface area contributed by atoms with Crippen molar-refractivity contribution in [1.29, 1.82) is 0 Å². The predicted molar refractivity (Wildman–Crippen MR) is 113 cm³/mol. The summed E-state index contributed by atoms with van der Waals surface area (Å²) >= 11 is 0. The van der Waals surface area contributed by atoms with Gasteiger partial charge in [-0.05, 0) is 12.1 Å². The topological polar surface area (TPSA) is 108 Å². The van der Waals surface area contributed by atoms with Crippen molar-refractivity contribution < 1.29 is 18.7 Å². The van der Waals surface area contributed by atoms with Crippen molar-refractivity contribution in [3.63, 3.8) is 0 Å². The molecule has 0 saturated heterocycles. The van der Waals surface area contributed by atoms with Gasteiger partial charge < -0.3 is 23.7 Å². The van der Waals surface area contributed by atoms with Crippen LogP contribution in [-0.4, -0.2) is 39.3 Å². The van der Waals surface area contributed by atoms with Crippen LogP contribution in [0.1, 0.15) is 11.3 Å². The number of rotatable bonds is 7. The molecule has 9 heteroatoms. The summed E-state index contributed by atoms with van der Waals surface area (Å²) in [6.45, 7) is 0.663. The first-order valence-corrected chi connectivity index (χ1v) is 9.58. The van der Waals surface area contributed by atoms with E-state index in [4.69, 9.17) is 18.7 Å². The summed E-state index contributed by atoms with van der Waals surface area (Å²) in [7, 11) is 3.25. The molecule has 0 amide bonds. The van der Waals surface area contributed by atoms with Crippen LogP contribution in [0.4, 0.5) is 0 Å². The summed E-state index contributed by atoms with van der Waals surface area (Å²) in [5.41, 5.74) is 3.94. The van der Waals surface area contributed by atoms with Gasteiger partial charge in [0.25, 0.3) is 0 Å². The first-order chi connectivity index (χ1) is 15.3. The lowest BCUT2D eigenvalue weighted by molar-refractivity contribution is 0.156. The number of hydrogen-bond acceptors (Lipinski definition) is 8. The molecular weight excluding hydrogens is 398 g/mol. The Morgan fingerprint density at radius 2 is 1.87 bits per heavy atom. The quantitative estimate of drug-likeness (QED) is 0.419. The van der Waals surface area contributed by atoms with Gasteiger partial charge in [-0.2, -0.15) is 0 Å². The van der Waals surface area contributed by atoms with Gasteiger partial charge in [-0.3, -0.25) is 9.97 Å². The predicted octanol–water partition coefficient (Wildman–Crippen LogP) is 4.25. The molecule has 0 bridgehead atoms. The second-order valence-corrected chi connectivity index (χ2v) is 6.87. The Balaban J connectivity index is 1.73. The number of hydrogen-bond donors (Lipinski definition) is 1. The number of benzene rings is 1. The number of methoxy groups -OCH3 is 2. The van der Waals surface area contributed by atoms with E-state index >= 15 is 0 Å². The summed E-state index contributed by atoms with van der Waals surface area (Å²) in [4.78, 5) is 16.3. The molecule has 0 aliphatic rings. The molecule has 5 aromatic rings. The van der Waals surface area contributed by atoms with Crippen LogP contribution in [0, 0.1) is 0 Å². The second-order valence-electron chi connectivity index (χ2n) is 6.87. The Hall–Kier alpha value is -3.82. The molecule has 0 saturated carbocycles. The minimum atomic E-state index is 0.331. The Kier molecular flexibility index (Phi) is 5.03. The molecule has 0 spiro atoms. The van der Waals surface area contributed by atoms with E-state index in [2.05, 4.69) is 25.1 Å². The lowest BCUT2D eigenvalue weighted by Crippen LogP contribution is -1.97. The molecule has 4 heterocycles. The summed E-state index contributed by atoms with van der Waals surface area (Å²) in [5.74, 6) is 1.68. The third-order valence-electron chi connectivity index (χ3n) is 4.86. The van der Waals surface area contributed by atoms with Crippen LogP contribution in [0.15, 0.2) is 53.6 Å². The summed E-state index contributed by atoms with van der Waals surface area (Å²) in [6.07, 6.45) is 6.54. The Morgan fingerprint density at radius 3 is 2.68 bits per heavy atom. The number of aromatic amines is 1. The van der Waals surface area contributed by atoms with Crippen molar-refractivity contribution in [2.45, 2.75) is 13.2 Å². The van der Waals surface area contributed by atoms with Gasteiger partial charge in [0.05, 0.1) is 41.1 Å². The first-order valence-electron chi connectivity index (χ1n) is 9.58. The normalized spacial score (nSPS) is 11.4. The minimum absolute atomic E-state index is 0.331.